The zero-order chi connectivity index (χ0) is 10.3. The molecule has 2 N–H and O–H groups in total. The Labute approximate surface area is 86.9 Å². The van der Waals surface area contributed by atoms with Crippen LogP contribution in [0.1, 0.15) is 24.6 Å². The Balaban J connectivity index is 2.00. The third kappa shape index (κ3) is 1.45. The minimum atomic E-state index is 0.414. The predicted octanol–water partition coefficient (Wildman–Crippen LogP) is 1.33. The molecule has 1 aliphatic carbocycles. The van der Waals surface area contributed by atoms with E-state index in [4.69, 9.17) is 10.2 Å². The van der Waals surface area contributed by atoms with E-state index in [0.29, 0.717) is 12.6 Å². The van der Waals surface area contributed by atoms with Crippen LogP contribution in [0.25, 0.3) is 11.6 Å². The number of aromatic nitrogens is 3. The Morgan fingerprint density at radius 2 is 2.33 bits per heavy atom. The summed E-state index contributed by atoms with van der Waals surface area (Å²) in [5.41, 5.74) is 5.49. The summed E-state index contributed by atoms with van der Waals surface area (Å²) >= 11 is 0. The first-order chi connectivity index (χ1) is 7.38. The fourth-order valence-corrected chi connectivity index (χ4v) is 1.65. The number of furan rings is 1. The molecule has 0 saturated heterocycles. The molecule has 0 aromatic carbocycles. The molecule has 0 amide bonds. The molecule has 5 nitrogen and oxygen atoms in total. The minimum absolute atomic E-state index is 0.414. The summed E-state index contributed by atoms with van der Waals surface area (Å²) in [6.45, 7) is 0.414. The van der Waals surface area contributed by atoms with E-state index < -0.39 is 0 Å². The van der Waals surface area contributed by atoms with Gasteiger partial charge in [-0.25, -0.2) is 0 Å². The van der Waals surface area contributed by atoms with Crippen molar-refractivity contribution in [2.75, 3.05) is 0 Å². The second-order valence-electron chi connectivity index (χ2n) is 3.76. The van der Waals surface area contributed by atoms with E-state index in [1.807, 2.05) is 12.1 Å². The van der Waals surface area contributed by atoms with E-state index in [0.717, 1.165) is 17.3 Å². The van der Waals surface area contributed by atoms with Gasteiger partial charge in [-0.1, -0.05) is 0 Å². The first kappa shape index (κ1) is 8.67. The first-order valence-electron chi connectivity index (χ1n) is 5.07. The molecular weight excluding hydrogens is 192 g/mol. The topological polar surface area (TPSA) is 69.9 Å². The lowest BCUT2D eigenvalue weighted by atomic mass is 10.4. The summed E-state index contributed by atoms with van der Waals surface area (Å²) in [4.78, 5) is 0. The molecular formula is C10H12N4O. The zero-order valence-corrected chi connectivity index (χ0v) is 8.26. The van der Waals surface area contributed by atoms with Gasteiger partial charge in [0.2, 0.25) is 0 Å². The van der Waals surface area contributed by atoms with Crippen molar-refractivity contribution >= 4 is 0 Å². The highest BCUT2D eigenvalue weighted by atomic mass is 16.3. The van der Waals surface area contributed by atoms with Crippen LogP contribution < -0.4 is 5.73 Å². The molecule has 5 heteroatoms. The highest BCUT2D eigenvalue weighted by molar-refractivity contribution is 5.47. The second kappa shape index (κ2) is 3.20. The fraction of sp³-hybridized carbons (Fsp3) is 0.400. The molecule has 78 valence electrons. The molecule has 1 saturated carbocycles. The zero-order valence-electron chi connectivity index (χ0n) is 8.26. The molecule has 3 rings (SSSR count). The fourth-order valence-electron chi connectivity index (χ4n) is 1.65. The first-order valence-corrected chi connectivity index (χ1v) is 5.07. The lowest BCUT2D eigenvalue weighted by Crippen LogP contribution is -1.95. The van der Waals surface area contributed by atoms with Crippen LogP contribution in [-0.4, -0.2) is 14.8 Å². The third-order valence-corrected chi connectivity index (χ3v) is 2.60. The van der Waals surface area contributed by atoms with Gasteiger partial charge in [-0.2, -0.15) is 0 Å². The minimum Gasteiger partial charge on any atom is -0.456 e. The average molecular weight is 204 g/mol. The van der Waals surface area contributed by atoms with Crippen LogP contribution in [0.3, 0.4) is 0 Å². The Morgan fingerprint density at radius 3 is 3.00 bits per heavy atom. The van der Waals surface area contributed by atoms with Crippen LogP contribution in [0.4, 0.5) is 0 Å². The van der Waals surface area contributed by atoms with E-state index in [1.54, 1.807) is 6.33 Å². The summed E-state index contributed by atoms with van der Waals surface area (Å²) in [7, 11) is 0. The van der Waals surface area contributed by atoms with Gasteiger partial charge >= 0.3 is 0 Å². The van der Waals surface area contributed by atoms with Crippen molar-refractivity contribution in [1.82, 2.24) is 14.8 Å². The van der Waals surface area contributed by atoms with Crippen molar-refractivity contribution in [2.45, 2.75) is 25.4 Å². The third-order valence-electron chi connectivity index (χ3n) is 2.60. The molecule has 0 unspecified atom stereocenters. The number of nitrogens with zero attached hydrogens (tertiary/aromatic N) is 3. The van der Waals surface area contributed by atoms with Gasteiger partial charge in [0, 0.05) is 6.04 Å². The van der Waals surface area contributed by atoms with Crippen molar-refractivity contribution in [3.8, 4) is 11.6 Å². The number of rotatable bonds is 3. The summed E-state index contributed by atoms with van der Waals surface area (Å²) in [6.07, 6.45) is 4.17. The maximum atomic E-state index is 5.55. The van der Waals surface area contributed by atoms with E-state index in [2.05, 4.69) is 14.8 Å². The molecule has 15 heavy (non-hydrogen) atoms. The molecule has 2 aromatic heterocycles. The van der Waals surface area contributed by atoms with Crippen molar-refractivity contribution in [2.24, 2.45) is 5.73 Å². The SMILES string of the molecule is NCc1ccc(-c2nncn2C2CC2)o1. The van der Waals surface area contributed by atoms with E-state index in [-0.39, 0.29) is 0 Å². The predicted molar refractivity (Wildman–Crippen MR) is 53.9 cm³/mol. The average Bonchev–Trinajstić information content (AvgIpc) is 2.83. The van der Waals surface area contributed by atoms with Crippen LogP contribution in [-0.2, 0) is 6.54 Å². The molecule has 1 fully saturated rings. The lowest BCUT2D eigenvalue weighted by Gasteiger charge is -2.00. The van der Waals surface area contributed by atoms with Gasteiger partial charge in [-0.05, 0) is 25.0 Å². The van der Waals surface area contributed by atoms with Gasteiger partial charge in [0.05, 0.1) is 6.54 Å². The highest BCUT2D eigenvalue weighted by Crippen LogP contribution is 2.37. The van der Waals surface area contributed by atoms with Crippen LogP contribution in [0.5, 0.6) is 0 Å². The Bertz CT molecular complexity index is 469. The molecule has 0 atom stereocenters. The van der Waals surface area contributed by atoms with Crippen LogP contribution in [0.2, 0.25) is 0 Å². The Morgan fingerprint density at radius 1 is 1.47 bits per heavy atom. The van der Waals surface area contributed by atoms with Crippen LogP contribution in [0.15, 0.2) is 22.9 Å². The Kier molecular flexibility index (Phi) is 1.85. The maximum Gasteiger partial charge on any atom is 0.199 e. The van der Waals surface area contributed by atoms with Crippen molar-refractivity contribution in [3.05, 3.63) is 24.2 Å². The van der Waals surface area contributed by atoms with Crippen LogP contribution >= 0.6 is 0 Å². The molecule has 0 aliphatic heterocycles. The number of nitrogens with two attached hydrogens (primary N) is 1. The van der Waals surface area contributed by atoms with Crippen molar-refractivity contribution < 1.29 is 4.42 Å². The van der Waals surface area contributed by atoms with Gasteiger partial charge in [0.15, 0.2) is 11.6 Å². The largest absolute Gasteiger partial charge is 0.456 e. The highest BCUT2D eigenvalue weighted by Gasteiger charge is 2.27. The Hall–Kier alpha value is -1.62. The maximum absolute atomic E-state index is 5.55. The molecule has 2 aromatic rings. The van der Waals surface area contributed by atoms with Gasteiger partial charge in [-0.3, -0.25) is 0 Å². The van der Waals surface area contributed by atoms with Crippen molar-refractivity contribution in [3.63, 3.8) is 0 Å². The summed E-state index contributed by atoms with van der Waals surface area (Å²) in [5, 5.41) is 7.99. The van der Waals surface area contributed by atoms with E-state index in [9.17, 15) is 0 Å². The quantitative estimate of drug-likeness (QED) is 0.818. The van der Waals surface area contributed by atoms with Crippen molar-refractivity contribution in [1.29, 1.82) is 0 Å². The van der Waals surface area contributed by atoms with Gasteiger partial charge in [0.1, 0.15) is 12.1 Å². The summed E-state index contributed by atoms with van der Waals surface area (Å²) in [6, 6.07) is 4.33. The van der Waals surface area contributed by atoms with Crippen LogP contribution in [0, 0.1) is 0 Å². The van der Waals surface area contributed by atoms with E-state index in [1.165, 1.54) is 12.8 Å². The van der Waals surface area contributed by atoms with Gasteiger partial charge in [0.25, 0.3) is 0 Å². The normalized spacial score (nSPS) is 15.8. The molecule has 0 bridgehead atoms. The monoisotopic (exact) mass is 204 g/mol. The molecule has 0 radical (unpaired) electrons. The molecule has 2 heterocycles. The summed E-state index contributed by atoms with van der Waals surface area (Å²) < 4.78 is 7.62. The number of hydrogen-bond donors (Lipinski definition) is 1. The van der Waals surface area contributed by atoms with Gasteiger partial charge in [-0.15, -0.1) is 10.2 Å². The summed E-state index contributed by atoms with van der Waals surface area (Å²) in [5.74, 6) is 2.33. The molecule has 1 aliphatic rings. The molecule has 0 spiro atoms. The van der Waals surface area contributed by atoms with E-state index >= 15 is 0 Å². The standard InChI is InChI=1S/C10H12N4O/c11-5-8-3-4-9(15-8)10-13-12-6-14(10)7-1-2-7/h3-4,6-7H,1-2,5,11H2. The smallest absolute Gasteiger partial charge is 0.199 e. The lowest BCUT2D eigenvalue weighted by molar-refractivity contribution is 0.517. The van der Waals surface area contributed by atoms with Gasteiger partial charge < -0.3 is 14.7 Å². The number of hydrogen-bond acceptors (Lipinski definition) is 4. The second-order valence-corrected chi connectivity index (χ2v) is 3.76.